The van der Waals surface area contributed by atoms with Gasteiger partial charge in [-0.25, -0.2) is 17.9 Å². The van der Waals surface area contributed by atoms with E-state index in [1.807, 2.05) is 0 Å². The zero-order valence-electron chi connectivity index (χ0n) is 15.5. The maximum absolute atomic E-state index is 12.4. The van der Waals surface area contributed by atoms with E-state index in [1.165, 1.54) is 18.1 Å². The Labute approximate surface area is 159 Å². The number of hydrogen-bond acceptors (Lipinski definition) is 4. The van der Waals surface area contributed by atoms with E-state index in [2.05, 4.69) is 28.0 Å². The Morgan fingerprint density at radius 3 is 2.22 bits per heavy atom. The molecule has 3 rings (SSSR count). The molecular weight excluding hydrogens is 366 g/mol. The number of carbonyl (C=O) groups excluding carboxylic acids is 2. The van der Waals surface area contributed by atoms with Crippen LogP contribution in [0.3, 0.4) is 0 Å². The molecule has 0 bridgehead atoms. The number of benzene rings is 1. The van der Waals surface area contributed by atoms with Gasteiger partial charge in [0, 0.05) is 19.2 Å². The van der Waals surface area contributed by atoms with E-state index in [-0.39, 0.29) is 12.5 Å². The number of aryl methyl sites for hydroxylation is 2. The van der Waals surface area contributed by atoms with E-state index in [4.69, 9.17) is 0 Å². The molecular formula is C19H25N3O4S. The van der Waals surface area contributed by atoms with Gasteiger partial charge in [-0.05, 0) is 66.4 Å². The van der Waals surface area contributed by atoms with Crippen LogP contribution in [0.15, 0.2) is 18.2 Å². The zero-order valence-corrected chi connectivity index (χ0v) is 16.3. The molecule has 0 spiro atoms. The average Bonchev–Trinajstić information content (AvgIpc) is 3.20. The summed E-state index contributed by atoms with van der Waals surface area (Å²) in [5, 5.41) is 5.28. The normalized spacial score (nSPS) is 15.0. The van der Waals surface area contributed by atoms with Gasteiger partial charge in [-0.15, -0.1) is 0 Å². The highest BCUT2D eigenvalue weighted by molar-refractivity contribution is 7.90. The standard InChI is InChI=1S/C19H25N3O4S/c1-12(10-20-13(2)23)11-27(25,26)22-19(24)21-18-16-7-3-5-14(16)9-15-6-4-8-17(15)18/h9H,1,3-8,10-11H2,2H3,(H,20,23)(H2,21,22,24). The number of carbonyl (C=O) groups is 2. The van der Waals surface area contributed by atoms with Gasteiger partial charge in [0.25, 0.3) is 0 Å². The molecule has 0 unspecified atom stereocenters. The molecule has 146 valence electrons. The maximum atomic E-state index is 12.4. The lowest BCUT2D eigenvalue weighted by molar-refractivity contribution is -0.118. The number of amides is 3. The summed E-state index contributed by atoms with van der Waals surface area (Å²) in [4.78, 5) is 23.3. The number of hydrogen-bond donors (Lipinski definition) is 3. The van der Waals surface area contributed by atoms with Crippen molar-refractivity contribution in [2.75, 3.05) is 17.6 Å². The van der Waals surface area contributed by atoms with E-state index in [9.17, 15) is 18.0 Å². The van der Waals surface area contributed by atoms with Gasteiger partial charge in [-0.1, -0.05) is 12.6 Å². The van der Waals surface area contributed by atoms with Crippen LogP contribution in [0.5, 0.6) is 0 Å². The largest absolute Gasteiger partial charge is 0.353 e. The molecule has 1 aromatic carbocycles. The Morgan fingerprint density at radius 2 is 1.67 bits per heavy atom. The molecule has 2 aliphatic carbocycles. The van der Waals surface area contributed by atoms with E-state index in [0.717, 1.165) is 55.3 Å². The highest BCUT2D eigenvalue weighted by Crippen LogP contribution is 2.38. The van der Waals surface area contributed by atoms with Crippen molar-refractivity contribution in [2.24, 2.45) is 0 Å². The van der Waals surface area contributed by atoms with Crippen molar-refractivity contribution in [3.8, 4) is 0 Å². The fraction of sp³-hybridized carbons (Fsp3) is 0.474. The van der Waals surface area contributed by atoms with Crippen molar-refractivity contribution in [1.29, 1.82) is 0 Å². The lowest BCUT2D eigenvalue weighted by Gasteiger charge is -2.17. The van der Waals surface area contributed by atoms with Crippen LogP contribution >= 0.6 is 0 Å². The average molecular weight is 391 g/mol. The molecule has 2 aliphatic rings. The van der Waals surface area contributed by atoms with Crippen molar-refractivity contribution in [1.82, 2.24) is 10.0 Å². The Balaban J connectivity index is 1.68. The van der Waals surface area contributed by atoms with Crippen LogP contribution in [0.1, 0.15) is 42.0 Å². The van der Waals surface area contributed by atoms with Crippen LogP contribution in [-0.4, -0.2) is 32.7 Å². The summed E-state index contributed by atoms with van der Waals surface area (Å²) in [6.07, 6.45) is 5.91. The summed E-state index contributed by atoms with van der Waals surface area (Å²) < 4.78 is 26.5. The SMILES string of the molecule is C=C(CNC(C)=O)CS(=O)(=O)NC(=O)Nc1c2c(cc3c1CCC3)CCC2. The molecule has 0 saturated carbocycles. The first-order valence-corrected chi connectivity index (χ1v) is 10.8. The summed E-state index contributed by atoms with van der Waals surface area (Å²) in [6, 6.07) is 1.49. The van der Waals surface area contributed by atoms with Gasteiger partial charge in [0.2, 0.25) is 15.9 Å². The summed E-state index contributed by atoms with van der Waals surface area (Å²) in [6.45, 7) is 5.02. The van der Waals surface area contributed by atoms with E-state index >= 15 is 0 Å². The third-order valence-electron chi connectivity index (χ3n) is 4.94. The molecule has 1 aromatic rings. The quantitative estimate of drug-likeness (QED) is 0.643. The summed E-state index contributed by atoms with van der Waals surface area (Å²) in [5.74, 6) is -0.697. The first-order valence-electron chi connectivity index (χ1n) is 9.14. The van der Waals surface area contributed by atoms with Crippen molar-refractivity contribution in [2.45, 2.75) is 45.4 Å². The summed E-state index contributed by atoms with van der Waals surface area (Å²) in [7, 11) is -3.89. The predicted molar refractivity (Wildman–Crippen MR) is 104 cm³/mol. The van der Waals surface area contributed by atoms with Gasteiger partial charge in [0.15, 0.2) is 0 Å². The zero-order chi connectivity index (χ0) is 19.6. The van der Waals surface area contributed by atoms with E-state index < -0.39 is 21.8 Å². The number of anilines is 1. The van der Waals surface area contributed by atoms with Crippen LogP contribution in [-0.2, 0) is 40.5 Å². The smallest absolute Gasteiger partial charge is 0.332 e. The second-order valence-electron chi connectivity index (χ2n) is 7.21. The highest BCUT2D eigenvalue weighted by Gasteiger charge is 2.26. The minimum absolute atomic E-state index is 0.0531. The molecule has 0 fully saturated rings. The third-order valence-corrected chi connectivity index (χ3v) is 6.23. The molecule has 0 aromatic heterocycles. The van der Waals surface area contributed by atoms with E-state index in [0.29, 0.717) is 5.57 Å². The Morgan fingerprint density at radius 1 is 1.07 bits per heavy atom. The number of rotatable bonds is 6. The molecule has 0 atom stereocenters. The summed E-state index contributed by atoms with van der Waals surface area (Å²) >= 11 is 0. The molecule has 27 heavy (non-hydrogen) atoms. The second-order valence-corrected chi connectivity index (χ2v) is 8.93. The first-order chi connectivity index (χ1) is 12.7. The number of sulfonamides is 1. The second kappa shape index (κ2) is 7.72. The molecule has 0 heterocycles. The Kier molecular flexibility index (Phi) is 5.55. The Bertz CT molecular complexity index is 874. The molecule has 3 N–H and O–H groups in total. The van der Waals surface area contributed by atoms with Gasteiger partial charge < -0.3 is 10.6 Å². The monoisotopic (exact) mass is 391 g/mol. The van der Waals surface area contributed by atoms with Gasteiger partial charge in [-0.3, -0.25) is 4.79 Å². The molecule has 7 nitrogen and oxygen atoms in total. The number of fused-ring (bicyclic) bond motifs is 2. The lowest BCUT2D eigenvalue weighted by atomic mass is 9.99. The van der Waals surface area contributed by atoms with Crippen LogP contribution in [0.25, 0.3) is 0 Å². The van der Waals surface area contributed by atoms with Gasteiger partial charge in [-0.2, -0.15) is 0 Å². The Hall–Kier alpha value is -2.35. The van der Waals surface area contributed by atoms with Gasteiger partial charge in [0.1, 0.15) is 0 Å². The fourth-order valence-electron chi connectivity index (χ4n) is 3.85. The van der Waals surface area contributed by atoms with Crippen LogP contribution < -0.4 is 15.4 Å². The third kappa shape index (κ3) is 4.68. The van der Waals surface area contributed by atoms with Gasteiger partial charge in [0.05, 0.1) is 5.75 Å². The van der Waals surface area contributed by atoms with Crippen LogP contribution in [0.2, 0.25) is 0 Å². The summed E-state index contributed by atoms with van der Waals surface area (Å²) in [5.41, 5.74) is 5.89. The molecule has 0 saturated heterocycles. The minimum atomic E-state index is -3.89. The van der Waals surface area contributed by atoms with Crippen molar-refractivity contribution >= 4 is 27.6 Å². The van der Waals surface area contributed by atoms with Gasteiger partial charge >= 0.3 is 6.03 Å². The van der Waals surface area contributed by atoms with E-state index in [1.54, 1.807) is 0 Å². The van der Waals surface area contributed by atoms with Crippen molar-refractivity contribution in [3.63, 3.8) is 0 Å². The van der Waals surface area contributed by atoms with Crippen LogP contribution in [0.4, 0.5) is 10.5 Å². The topological polar surface area (TPSA) is 104 Å². The number of urea groups is 1. The fourth-order valence-corrected chi connectivity index (χ4v) is 4.90. The van der Waals surface area contributed by atoms with Crippen LogP contribution in [0, 0.1) is 0 Å². The minimum Gasteiger partial charge on any atom is -0.353 e. The predicted octanol–water partition coefficient (Wildman–Crippen LogP) is 1.81. The highest BCUT2D eigenvalue weighted by atomic mass is 32.2. The lowest BCUT2D eigenvalue weighted by Crippen LogP contribution is -2.37. The van der Waals surface area contributed by atoms with Crippen molar-refractivity contribution in [3.05, 3.63) is 40.5 Å². The first kappa shape index (κ1) is 19.4. The molecule has 0 radical (unpaired) electrons. The number of nitrogens with one attached hydrogen (secondary N) is 3. The molecule has 3 amide bonds. The molecule has 8 heteroatoms. The maximum Gasteiger partial charge on any atom is 0.332 e. The molecule has 0 aliphatic heterocycles. The van der Waals surface area contributed by atoms with Crippen molar-refractivity contribution < 1.29 is 18.0 Å².